The van der Waals surface area contributed by atoms with Gasteiger partial charge in [-0.3, -0.25) is 4.79 Å². The first-order chi connectivity index (χ1) is 8.13. The van der Waals surface area contributed by atoms with E-state index >= 15 is 0 Å². The van der Waals surface area contributed by atoms with E-state index in [4.69, 9.17) is 16.3 Å². The number of hydrogen-bond acceptors (Lipinski definition) is 2. The third-order valence-corrected chi connectivity index (χ3v) is 2.41. The molecule has 1 rings (SSSR count). The molecule has 0 spiro atoms. The molecule has 0 saturated carbocycles. The van der Waals surface area contributed by atoms with E-state index in [1.165, 1.54) is 6.92 Å². The molecule has 0 aliphatic carbocycles. The molecule has 1 N–H and O–H groups in total. The summed E-state index contributed by atoms with van der Waals surface area (Å²) in [6, 6.07) is 5.46. The highest BCUT2D eigenvalue weighted by atomic mass is 35.5. The molecule has 4 heteroatoms. The normalized spacial score (nSPS) is 10.5. The average Bonchev–Trinajstić information content (AvgIpc) is 2.28. The van der Waals surface area contributed by atoms with Crippen LogP contribution in [0.15, 0.2) is 24.3 Å². The van der Waals surface area contributed by atoms with Gasteiger partial charge in [0.15, 0.2) is 0 Å². The van der Waals surface area contributed by atoms with Crippen molar-refractivity contribution in [3.8, 4) is 5.75 Å². The third-order valence-electron chi connectivity index (χ3n) is 2.17. The van der Waals surface area contributed by atoms with E-state index in [9.17, 15) is 4.79 Å². The van der Waals surface area contributed by atoms with Gasteiger partial charge in [0.2, 0.25) is 5.91 Å². The lowest BCUT2D eigenvalue weighted by molar-refractivity contribution is -0.118. The van der Waals surface area contributed by atoms with Gasteiger partial charge in [-0.1, -0.05) is 23.8 Å². The fourth-order valence-electron chi connectivity index (χ4n) is 1.38. The van der Waals surface area contributed by atoms with E-state index in [-0.39, 0.29) is 5.91 Å². The van der Waals surface area contributed by atoms with Crippen LogP contribution in [0.4, 0.5) is 0 Å². The molecule has 3 nitrogen and oxygen atoms in total. The predicted octanol–water partition coefficient (Wildman–Crippen LogP) is 2.89. The van der Waals surface area contributed by atoms with Gasteiger partial charge in [0.05, 0.1) is 7.11 Å². The number of nitrogens with one attached hydrogen (secondary N) is 1. The molecule has 0 heterocycles. The first kappa shape index (κ1) is 13.6. The standard InChI is InChI=1S/C13H16ClNO2/c1-10(16)15-8-4-3-5-11-9-12(14)6-7-13(11)17-2/h3,5-7,9H,4,8H2,1-2H3,(H,15,16). The topological polar surface area (TPSA) is 38.3 Å². The molecular formula is C13H16ClNO2. The molecule has 92 valence electrons. The van der Waals surface area contributed by atoms with Crippen molar-refractivity contribution in [1.82, 2.24) is 5.32 Å². The number of rotatable bonds is 5. The summed E-state index contributed by atoms with van der Waals surface area (Å²) in [6.45, 7) is 2.14. The molecule has 0 saturated heterocycles. The minimum Gasteiger partial charge on any atom is -0.496 e. The Morgan fingerprint density at radius 1 is 1.53 bits per heavy atom. The van der Waals surface area contributed by atoms with Gasteiger partial charge in [-0.05, 0) is 24.6 Å². The zero-order valence-corrected chi connectivity index (χ0v) is 10.8. The van der Waals surface area contributed by atoms with Crippen molar-refractivity contribution in [2.45, 2.75) is 13.3 Å². The van der Waals surface area contributed by atoms with Gasteiger partial charge in [-0.25, -0.2) is 0 Å². The highest BCUT2D eigenvalue weighted by molar-refractivity contribution is 6.30. The van der Waals surface area contributed by atoms with Gasteiger partial charge in [-0.15, -0.1) is 0 Å². The number of amides is 1. The second-order valence-electron chi connectivity index (χ2n) is 3.56. The number of halogens is 1. The molecule has 0 aromatic heterocycles. The number of methoxy groups -OCH3 is 1. The third kappa shape index (κ3) is 4.91. The minimum atomic E-state index is -0.0151. The van der Waals surface area contributed by atoms with Crippen molar-refractivity contribution in [2.24, 2.45) is 0 Å². The maximum absolute atomic E-state index is 10.6. The van der Waals surface area contributed by atoms with Crippen molar-refractivity contribution in [3.63, 3.8) is 0 Å². The Bertz CT molecular complexity index is 416. The van der Waals surface area contributed by atoms with Crippen molar-refractivity contribution >= 4 is 23.6 Å². The van der Waals surface area contributed by atoms with Crippen LogP contribution in [0.5, 0.6) is 5.75 Å². The number of carbonyl (C=O) groups excluding carboxylic acids is 1. The molecule has 0 fully saturated rings. The minimum absolute atomic E-state index is 0.0151. The average molecular weight is 254 g/mol. The van der Waals surface area contributed by atoms with Crippen LogP contribution in [0, 0.1) is 0 Å². The monoisotopic (exact) mass is 253 g/mol. The molecule has 1 amide bonds. The summed E-state index contributed by atoms with van der Waals surface area (Å²) in [4.78, 5) is 10.6. The lowest BCUT2D eigenvalue weighted by atomic mass is 10.1. The lowest BCUT2D eigenvalue weighted by Gasteiger charge is -2.04. The van der Waals surface area contributed by atoms with Gasteiger partial charge < -0.3 is 10.1 Å². The molecule has 1 aromatic carbocycles. The zero-order chi connectivity index (χ0) is 12.7. The van der Waals surface area contributed by atoms with E-state index in [0.29, 0.717) is 11.6 Å². The summed E-state index contributed by atoms with van der Waals surface area (Å²) in [5.41, 5.74) is 0.933. The van der Waals surface area contributed by atoms with Crippen LogP contribution >= 0.6 is 11.6 Å². The Balaban J connectivity index is 2.57. The molecule has 0 radical (unpaired) electrons. The van der Waals surface area contributed by atoms with Crippen LogP contribution in [-0.2, 0) is 4.79 Å². The molecule has 1 aromatic rings. The van der Waals surface area contributed by atoms with Crippen molar-refractivity contribution in [2.75, 3.05) is 13.7 Å². The van der Waals surface area contributed by atoms with E-state index < -0.39 is 0 Å². The van der Waals surface area contributed by atoms with Crippen LogP contribution in [0.1, 0.15) is 18.9 Å². The summed E-state index contributed by atoms with van der Waals surface area (Å²) in [5.74, 6) is 0.768. The lowest BCUT2D eigenvalue weighted by Crippen LogP contribution is -2.20. The van der Waals surface area contributed by atoms with Gasteiger partial charge in [-0.2, -0.15) is 0 Å². The predicted molar refractivity (Wildman–Crippen MR) is 70.3 cm³/mol. The number of ether oxygens (including phenoxy) is 1. The van der Waals surface area contributed by atoms with Gasteiger partial charge in [0, 0.05) is 24.1 Å². The maximum Gasteiger partial charge on any atom is 0.216 e. The first-order valence-corrected chi connectivity index (χ1v) is 5.76. The van der Waals surface area contributed by atoms with Crippen molar-refractivity contribution < 1.29 is 9.53 Å². The quantitative estimate of drug-likeness (QED) is 0.820. The van der Waals surface area contributed by atoms with Crippen LogP contribution in [0.3, 0.4) is 0 Å². The fourth-order valence-corrected chi connectivity index (χ4v) is 1.56. The summed E-state index contributed by atoms with van der Waals surface area (Å²) in [7, 11) is 1.62. The molecule has 0 aliphatic rings. The number of hydrogen-bond donors (Lipinski definition) is 1. The summed E-state index contributed by atoms with van der Waals surface area (Å²) >= 11 is 5.91. The van der Waals surface area contributed by atoms with Crippen LogP contribution in [0.25, 0.3) is 6.08 Å². The molecule has 0 unspecified atom stereocenters. The first-order valence-electron chi connectivity index (χ1n) is 5.38. The van der Waals surface area contributed by atoms with Gasteiger partial charge in [0.25, 0.3) is 0 Å². The molecule has 0 bridgehead atoms. The summed E-state index contributed by atoms with van der Waals surface area (Å²) in [5, 5.41) is 3.40. The molecule has 0 atom stereocenters. The molecular weight excluding hydrogens is 238 g/mol. The summed E-state index contributed by atoms with van der Waals surface area (Å²) in [6.07, 6.45) is 4.69. The van der Waals surface area contributed by atoms with Crippen LogP contribution in [0.2, 0.25) is 5.02 Å². The second kappa shape index (κ2) is 6.97. The Hall–Kier alpha value is -1.48. The highest BCUT2D eigenvalue weighted by Gasteiger charge is 1.99. The van der Waals surface area contributed by atoms with E-state index in [1.54, 1.807) is 13.2 Å². The Labute approximate surface area is 106 Å². The van der Waals surface area contributed by atoms with Crippen molar-refractivity contribution in [3.05, 3.63) is 34.9 Å². The largest absolute Gasteiger partial charge is 0.496 e. The molecule has 0 aliphatic heterocycles. The highest BCUT2D eigenvalue weighted by Crippen LogP contribution is 2.23. The van der Waals surface area contributed by atoms with Crippen LogP contribution in [-0.4, -0.2) is 19.6 Å². The number of benzene rings is 1. The Kier molecular flexibility index (Phi) is 5.57. The van der Waals surface area contributed by atoms with Crippen molar-refractivity contribution in [1.29, 1.82) is 0 Å². The maximum atomic E-state index is 10.6. The van der Waals surface area contributed by atoms with Crippen LogP contribution < -0.4 is 10.1 Å². The van der Waals surface area contributed by atoms with E-state index in [1.807, 2.05) is 24.3 Å². The Morgan fingerprint density at radius 3 is 2.94 bits per heavy atom. The second-order valence-corrected chi connectivity index (χ2v) is 4.00. The zero-order valence-electron chi connectivity index (χ0n) is 10.00. The SMILES string of the molecule is COc1ccc(Cl)cc1C=CCCNC(C)=O. The van der Waals surface area contributed by atoms with E-state index in [2.05, 4.69) is 5.32 Å². The fraction of sp³-hybridized carbons (Fsp3) is 0.308. The Morgan fingerprint density at radius 2 is 2.29 bits per heavy atom. The molecule has 17 heavy (non-hydrogen) atoms. The summed E-state index contributed by atoms with van der Waals surface area (Å²) < 4.78 is 5.22. The van der Waals surface area contributed by atoms with E-state index in [0.717, 1.165) is 17.7 Å². The smallest absolute Gasteiger partial charge is 0.216 e. The van der Waals surface area contributed by atoms with Gasteiger partial charge >= 0.3 is 0 Å². The van der Waals surface area contributed by atoms with Gasteiger partial charge in [0.1, 0.15) is 5.75 Å². The number of carbonyl (C=O) groups is 1.